The number of benzene rings is 1. The number of ether oxygens (including phenoxy) is 1. The van der Waals surface area contributed by atoms with Gasteiger partial charge in [0.05, 0.1) is 23.4 Å². The lowest BCUT2D eigenvalue weighted by atomic mass is 10.1. The molecular weight excluding hydrogens is 266 g/mol. The van der Waals surface area contributed by atoms with Crippen molar-refractivity contribution in [3.8, 4) is 6.07 Å². The predicted octanol–water partition coefficient (Wildman–Crippen LogP) is 2.00. The molecule has 1 aromatic rings. The zero-order valence-corrected chi connectivity index (χ0v) is 12.5. The highest BCUT2D eigenvalue weighted by Gasteiger charge is 2.26. The highest BCUT2D eigenvalue weighted by Crippen LogP contribution is 2.18. The molecule has 0 radical (unpaired) electrons. The lowest BCUT2D eigenvalue weighted by Crippen LogP contribution is -2.47. The van der Waals surface area contributed by atoms with Crippen LogP contribution in [0, 0.1) is 11.3 Å². The molecule has 1 unspecified atom stereocenters. The van der Waals surface area contributed by atoms with Gasteiger partial charge in [0, 0.05) is 20.2 Å². The molecule has 0 aliphatic carbocycles. The lowest BCUT2D eigenvalue weighted by molar-refractivity contribution is -0.121. The first kappa shape index (κ1) is 15.5. The summed E-state index contributed by atoms with van der Waals surface area (Å²) in [7, 11) is 1.73. The molecule has 1 amide bonds. The third-order valence-electron chi connectivity index (χ3n) is 4.04. The number of nitriles is 1. The normalized spacial score (nSPS) is 18.0. The topological polar surface area (TPSA) is 65.4 Å². The minimum atomic E-state index is -0.213. The minimum Gasteiger partial charge on any atom is -0.381 e. The summed E-state index contributed by atoms with van der Waals surface area (Å²) in [4.78, 5) is 14.5. The Hall–Kier alpha value is -1.90. The zero-order valence-electron chi connectivity index (χ0n) is 12.5. The van der Waals surface area contributed by atoms with Gasteiger partial charge in [-0.25, -0.2) is 0 Å². The highest BCUT2D eigenvalue weighted by atomic mass is 16.5. The molecule has 1 N–H and O–H groups in total. The van der Waals surface area contributed by atoms with Crippen molar-refractivity contribution >= 4 is 11.6 Å². The Morgan fingerprint density at radius 2 is 2.10 bits per heavy atom. The van der Waals surface area contributed by atoms with E-state index >= 15 is 0 Å². The lowest BCUT2D eigenvalue weighted by Gasteiger charge is -2.34. The van der Waals surface area contributed by atoms with Gasteiger partial charge >= 0.3 is 0 Å². The summed E-state index contributed by atoms with van der Waals surface area (Å²) in [6.07, 6.45) is 2.20. The van der Waals surface area contributed by atoms with Crippen LogP contribution in [0.15, 0.2) is 24.3 Å². The second-order valence-corrected chi connectivity index (χ2v) is 5.29. The monoisotopic (exact) mass is 287 g/mol. The molecule has 0 bridgehead atoms. The van der Waals surface area contributed by atoms with Crippen molar-refractivity contribution in [2.24, 2.45) is 0 Å². The molecule has 1 fully saturated rings. The van der Waals surface area contributed by atoms with Crippen LogP contribution >= 0.6 is 0 Å². The molecular formula is C16H21N3O2. The van der Waals surface area contributed by atoms with Gasteiger partial charge in [-0.1, -0.05) is 12.1 Å². The smallest absolute Gasteiger partial charge is 0.241 e. The first-order valence-corrected chi connectivity index (χ1v) is 7.22. The van der Waals surface area contributed by atoms with E-state index in [-0.39, 0.29) is 11.9 Å². The molecule has 1 saturated heterocycles. The van der Waals surface area contributed by atoms with Crippen LogP contribution in [-0.2, 0) is 9.53 Å². The maximum absolute atomic E-state index is 12.3. The third-order valence-corrected chi connectivity index (χ3v) is 4.04. The van der Waals surface area contributed by atoms with Gasteiger partial charge in [0.15, 0.2) is 0 Å². The van der Waals surface area contributed by atoms with E-state index in [0.717, 1.165) is 25.9 Å². The maximum atomic E-state index is 12.3. The number of anilines is 1. The number of likely N-dealkylation sites (tertiary alicyclic amines) is 1. The zero-order chi connectivity index (χ0) is 15.2. The van der Waals surface area contributed by atoms with E-state index in [2.05, 4.69) is 16.3 Å². The van der Waals surface area contributed by atoms with Crippen molar-refractivity contribution in [1.82, 2.24) is 4.90 Å². The first-order chi connectivity index (χ1) is 10.2. The summed E-state index contributed by atoms with van der Waals surface area (Å²) in [6.45, 7) is 3.61. The summed E-state index contributed by atoms with van der Waals surface area (Å²) >= 11 is 0. The van der Waals surface area contributed by atoms with Crippen LogP contribution in [0.4, 0.5) is 5.69 Å². The second-order valence-electron chi connectivity index (χ2n) is 5.29. The molecule has 2 rings (SSSR count). The Morgan fingerprint density at radius 3 is 2.71 bits per heavy atom. The number of carbonyl (C=O) groups excluding carboxylic acids is 1. The van der Waals surface area contributed by atoms with Gasteiger partial charge in [-0.05, 0) is 31.9 Å². The fourth-order valence-corrected chi connectivity index (χ4v) is 2.59. The van der Waals surface area contributed by atoms with E-state index in [1.165, 1.54) is 0 Å². The predicted molar refractivity (Wildman–Crippen MR) is 80.9 cm³/mol. The summed E-state index contributed by atoms with van der Waals surface area (Å²) in [5, 5.41) is 11.9. The fraction of sp³-hybridized carbons (Fsp3) is 0.500. The van der Waals surface area contributed by atoms with Crippen molar-refractivity contribution in [3.05, 3.63) is 29.8 Å². The molecule has 1 aliphatic heterocycles. The quantitative estimate of drug-likeness (QED) is 0.920. The third kappa shape index (κ3) is 3.81. The molecule has 0 aromatic heterocycles. The number of rotatable bonds is 4. The van der Waals surface area contributed by atoms with E-state index in [0.29, 0.717) is 17.4 Å². The number of para-hydroxylation sites is 1. The Labute approximate surface area is 125 Å². The Balaban J connectivity index is 1.96. The number of hydrogen-bond donors (Lipinski definition) is 1. The van der Waals surface area contributed by atoms with Gasteiger partial charge in [-0.3, -0.25) is 9.69 Å². The van der Waals surface area contributed by atoms with Crippen LogP contribution in [-0.4, -0.2) is 43.2 Å². The standard InChI is InChI=1S/C16H21N3O2/c1-12(19-9-7-14(21-2)8-10-19)16(20)18-15-6-4-3-5-13(15)11-17/h3-6,12,14H,7-10H2,1-2H3,(H,18,20). The number of methoxy groups -OCH3 is 1. The first-order valence-electron chi connectivity index (χ1n) is 7.22. The van der Waals surface area contributed by atoms with E-state index < -0.39 is 0 Å². The van der Waals surface area contributed by atoms with Crippen molar-refractivity contribution in [3.63, 3.8) is 0 Å². The molecule has 0 saturated carbocycles. The average Bonchev–Trinajstić information content (AvgIpc) is 2.54. The maximum Gasteiger partial charge on any atom is 0.241 e. The van der Waals surface area contributed by atoms with Crippen LogP contribution in [0.2, 0.25) is 0 Å². The van der Waals surface area contributed by atoms with Crippen molar-refractivity contribution in [1.29, 1.82) is 5.26 Å². The van der Waals surface area contributed by atoms with Gasteiger partial charge in [0.2, 0.25) is 5.91 Å². The molecule has 1 heterocycles. The van der Waals surface area contributed by atoms with Crippen molar-refractivity contribution in [2.75, 3.05) is 25.5 Å². The molecule has 112 valence electrons. The number of nitrogens with zero attached hydrogens (tertiary/aromatic N) is 2. The molecule has 1 aliphatic rings. The second kappa shape index (κ2) is 7.21. The summed E-state index contributed by atoms with van der Waals surface area (Å²) in [5.41, 5.74) is 1.06. The number of piperidine rings is 1. The van der Waals surface area contributed by atoms with Crippen LogP contribution in [0.3, 0.4) is 0 Å². The molecule has 5 heteroatoms. The van der Waals surface area contributed by atoms with Crippen LogP contribution < -0.4 is 5.32 Å². The van der Waals surface area contributed by atoms with E-state index in [4.69, 9.17) is 10.00 Å². The largest absolute Gasteiger partial charge is 0.381 e. The van der Waals surface area contributed by atoms with Gasteiger partial charge in [-0.2, -0.15) is 5.26 Å². The molecule has 0 spiro atoms. The van der Waals surface area contributed by atoms with E-state index in [9.17, 15) is 4.79 Å². The average molecular weight is 287 g/mol. The minimum absolute atomic E-state index is 0.0754. The summed E-state index contributed by atoms with van der Waals surface area (Å²) in [5.74, 6) is -0.0754. The van der Waals surface area contributed by atoms with Gasteiger partial charge in [-0.15, -0.1) is 0 Å². The van der Waals surface area contributed by atoms with Crippen molar-refractivity contribution < 1.29 is 9.53 Å². The summed E-state index contributed by atoms with van der Waals surface area (Å²) < 4.78 is 5.34. The summed E-state index contributed by atoms with van der Waals surface area (Å²) in [6, 6.07) is 8.92. The number of nitrogens with one attached hydrogen (secondary N) is 1. The van der Waals surface area contributed by atoms with Gasteiger partial charge < -0.3 is 10.1 Å². The van der Waals surface area contributed by atoms with Crippen LogP contribution in [0.25, 0.3) is 0 Å². The van der Waals surface area contributed by atoms with Crippen LogP contribution in [0.1, 0.15) is 25.3 Å². The molecule has 21 heavy (non-hydrogen) atoms. The van der Waals surface area contributed by atoms with E-state index in [1.54, 1.807) is 25.3 Å². The van der Waals surface area contributed by atoms with Crippen LogP contribution in [0.5, 0.6) is 0 Å². The molecule has 1 atom stereocenters. The number of amides is 1. The van der Waals surface area contributed by atoms with Gasteiger partial charge in [0.25, 0.3) is 0 Å². The SMILES string of the molecule is COC1CCN(C(C)C(=O)Nc2ccccc2C#N)CC1. The number of hydrogen-bond acceptors (Lipinski definition) is 4. The van der Waals surface area contributed by atoms with Crippen molar-refractivity contribution in [2.45, 2.75) is 31.9 Å². The molecule has 5 nitrogen and oxygen atoms in total. The Kier molecular flexibility index (Phi) is 5.32. The van der Waals surface area contributed by atoms with E-state index in [1.807, 2.05) is 13.0 Å². The Bertz CT molecular complexity index is 531. The number of carbonyl (C=O) groups is 1. The molecule has 1 aromatic carbocycles. The van der Waals surface area contributed by atoms with Gasteiger partial charge in [0.1, 0.15) is 6.07 Å². The Morgan fingerprint density at radius 1 is 1.43 bits per heavy atom. The highest BCUT2D eigenvalue weighted by molar-refractivity contribution is 5.95. The fourth-order valence-electron chi connectivity index (χ4n) is 2.59.